The van der Waals surface area contributed by atoms with Crippen LogP contribution in [-0.2, 0) is 11.2 Å². The number of phenolic OH excluding ortho intramolecular Hbond substituents is 1. The van der Waals surface area contributed by atoms with Gasteiger partial charge in [-0.25, -0.2) is 8.78 Å². The van der Waals surface area contributed by atoms with Crippen LogP contribution in [0.25, 0.3) is 0 Å². The first kappa shape index (κ1) is 14.5. The topological polar surface area (TPSA) is 49.3 Å². The molecule has 0 heterocycles. The highest BCUT2D eigenvalue weighted by Crippen LogP contribution is 2.27. The Morgan fingerprint density at radius 1 is 1.25 bits per heavy atom. The van der Waals surface area contributed by atoms with Gasteiger partial charge in [-0.3, -0.25) is 4.79 Å². The Morgan fingerprint density at radius 2 is 1.95 bits per heavy atom. The van der Waals surface area contributed by atoms with Crippen LogP contribution in [-0.4, -0.2) is 11.0 Å². The molecule has 2 aromatic carbocycles. The zero-order valence-electron chi connectivity index (χ0n) is 10.2. The lowest BCUT2D eigenvalue weighted by molar-refractivity contribution is -0.115. The number of rotatable bonds is 3. The summed E-state index contributed by atoms with van der Waals surface area (Å²) in [5.74, 6) is -2.14. The number of carbonyl (C=O) groups is 1. The molecule has 0 aliphatic carbocycles. The van der Waals surface area contributed by atoms with Crippen molar-refractivity contribution >= 4 is 27.5 Å². The summed E-state index contributed by atoms with van der Waals surface area (Å²) in [4.78, 5) is 11.8. The molecule has 2 rings (SSSR count). The van der Waals surface area contributed by atoms with Crippen molar-refractivity contribution in [3.8, 4) is 5.75 Å². The van der Waals surface area contributed by atoms with Crippen molar-refractivity contribution in [3.05, 3.63) is 58.1 Å². The molecular formula is C14H10BrF2NO2. The standard InChI is InChI=1S/C14H10BrF2NO2/c15-10-6-9(16)7-11(17)14(10)18-13(20)5-8-3-1-2-4-12(8)19/h1-4,6-7,19H,5H2,(H,18,20). The number of halogens is 3. The van der Waals surface area contributed by atoms with Crippen LogP contribution in [0.4, 0.5) is 14.5 Å². The summed E-state index contributed by atoms with van der Waals surface area (Å²) in [7, 11) is 0. The summed E-state index contributed by atoms with van der Waals surface area (Å²) in [5, 5.41) is 11.9. The number of benzene rings is 2. The molecule has 20 heavy (non-hydrogen) atoms. The van der Waals surface area contributed by atoms with Crippen molar-refractivity contribution in [2.75, 3.05) is 5.32 Å². The van der Waals surface area contributed by atoms with Gasteiger partial charge in [0, 0.05) is 16.1 Å². The maximum absolute atomic E-state index is 13.6. The molecule has 0 saturated carbocycles. The number of carbonyl (C=O) groups excluding carboxylic acids is 1. The first-order valence-corrected chi connectivity index (χ1v) is 6.48. The molecule has 6 heteroatoms. The average Bonchev–Trinajstić information content (AvgIpc) is 2.36. The summed E-state index contributed by atoms with van der Waals surface area (Å²) in [6.07, 6.45) is -0.115. The molecule has 0 unspecified atom stereocenters. The lowest BCUT2D eigenvalue weighted by Gasteiger charge is -2.09. The van der Waals surface area contributed by atoms with Crippen LogP contribution >= 0.6 is 15.9 Å². The summed E-state index contributed by atoms with van der Waals surface area (Å²) in [5.41, 5.74) is 0.287. The van der Waals surface area contributed by atoms with Gasteiger partial charge in [0.1, 0.15) is 11.6 Å². The van der Waals surface area contributed by atoms with Crippen molar-refractivity contribution < 1.29 is 18.7 Å². The third-order valence-electron chi connectivity index (χ3n) is 2.61. The normalized spacial score (nSPS) is 10.3. The largest absolute Gasteiger partial charge is 0.508 e. The Hall–Kier alpha value is -1.95. The molecule has 0 radical (unpaired) electrons. The molecule has 0 spiro atoms. The van der Waals surface area contributed by atoms with Crippen LogP contribution in [0.3, 0.4) is 0 Å². The molecule has 0 atom stereocenters. The van der Waals surface area contributed by atoms with Crippen LogP contribution in [0.15, 0.2) is 40.9 Å². The van der Waals surface area contributed by atoms with E-state index in [9.17, 15) is 18.7 Å². The van der Waals surface area contributed by atoms with Crippen LogP contribution < -0.4 is 5.32 Å². The fourth-order valence-electron chi connectivity index (χ4n) is 1.68. The first-order chi connectivity index (χ1) is 9.47. The van der Waals surface area contributed by atoms with Gasteiger partial charge in [0.25, 0.3) is 0 Å². The van der Waals surface area contributed by atoms with Gasteiger partial charge in [-0.1, -0.05) is 18.2 Å². The monoisotopic (exact) mass is 341 g/mol. The van der Waals surface area contributed by atoms with Crippen LogP contribution in [0, 0.1) is 11.6 Å². The molecular weight excluding hydrogens is 332 g/mol. The summed E-state index contributed by atoms with van der Waals surface area (Å²) in [6, 6.07) is 8.09. The third kappa shape index (κ3) is 3.33. The Bertz CT molecular complexity index is 638. The molecule has 104 valence electrons. The van der Waals surface area contributed by atoms with Crippen LogP contribution in [0.5, 0.6) is 5.75 Å². The highest BCUT2D eigenvalue weighted by Gasteiger charge is 2.14. The summed E-state index contributed by atoms with van der Waals surface area (Å²) < 4.78 is 26.6. The lowest BCUT2D eigenvalue weighted by Crippen LogP contribution is -2.16. The Balaban J connectivity index is 2.15. The van der Waals surface area contributed by atoms with Gasteiger partial charge in [-0.15, -0.1) is 0 Å². The van der Waals surface area contributed by atoms with Crippen molar-refractivity contribution in [1.82, 2.24) is 0 Å². The zero-order valence-corrected chi connectivity index (χ0v) is 11.7. The predicted octanol–water partition coefficient (Wildman–Crippen LogP) is 3.61. The van der Waals surface area contributed by atoms with E-state index in [1.807, 2.05) is 0 Å². The third-order valence-corrected chi connectivity index (χ3v) is 3.24. The molecule has 0 saturated heterocycles. The number of nitrogens with one attached hydrogen (secondary N) is 1. The average molecular weight is 342 g/mol. The molecule has 0 aromatic heterocycles. The van der Waals surface area contributed by atoms with E-state index in [2.05, 4.69) is 21.2 Å². The summed E-state index contributed by atoms with van der Waals surface area (Å²) in [6.45, 7) is 0. The van der Waals surface area contributed by atoms with Crippen LogP contribution in [0.1, 0.15) is 5.56 Å². The number of anilines is 1. The second-order valence-corrected chi connectivity index (χ2v) is 4.95. The summed E-state index contributed by atoms with van der Waals surface area (Å²) >= 11 is 2.98. The van der Waals surface area contributed by atoms with Gasteiger partial charge in [0.2, 0.25) is 5.91 Å². The van der Waals surface area contributed by atoms with Gasteiger partial charge in [0.15, 0.2) is 5.82 Å². The van der Waals surface area contributed by atoms with Gasteiger partial charge < -0.3 is 10.4 Å². The van der Waals surface area contributed by atoms with Gasteiger partial charge in [0.05, 0.1) is 12.1 Å². The Kier molecular flexibility index (Phi) is 4.34. The number of aromatic hydroxyl groups is 1. The minimum atomic E-state index is -0.873. The van der Waals surface area contributed by atoms with E-state index in [4.69, 9.17) is 0 Å². The van der Waals surface area contributed by atoms with E-state index in [0.717, 1.165) is 6.07 Å². The number of hydrogen-bond acceptors (Lipinski definition) is 2. The second kappa shape index (κ2) is 6.00. The quantitative estimate of drug-likeness (QED) is 0.895. The van der Waals surface area contributed by atoms with E-state index >= 15 is 0 Å². The molecule has 2 aromatic rings. The van der Waals surface area contributed by atoms with Crippen molar-refractivity contribution in [3.63, 3.8) is 0 Å². The van der Waals surface area contributed by atoms with E-state index in [1.165, 1.54) is 6.07 Å². The van der Waals surface area contributed by atoms with Gasteiger partial charge >= 0.3 is 0 Å². The highest BCUT2D eigenvalue weighted by atomic mass is 79.9. The van der Waals surface area contributed by atoms with E-state index < -0.39 is 17.5 Å². The smallest absolute Gasteiger partial charge is 0.229 e. The van der Waals surface area contributed by atoms with Crippen molar-refractivity contribution in [2.24, 2.45) is 0 Å². The molecule has 2 N–H and O–H groups in total. The van der Waals surface area contributed by atoms with Crippen molar-refractivity contribution in [1.29, 1.82) is 0 Å². The molecule has 3 nitrogen and oxygen atoms in total. The number of phenols is 1. The van der Waals surface area contributed by atoms with Crippen molar-refractivity contribution in [2.45, 2.75) is 6.42 Å². The van der Waals surface area contributed by atoms with E-state index in [1.54, 1.807) is 18.2 Å². The molecule has 1 amide bonds. The maximum Gasteiger partial charge on any atom is 0.229 e. The molecule has 0 aliphatic heterocycles. The van der Waals surface area contributed by atoms with E-state index in [-0.39, 0.29) is 22.3 Å². The van der Waals surface area contributed by atoms with Crippen LogP contribution in [0.2, 0.25) is 0 Å². The highest BCUT2D eigenvalue weighted by molar-refractivity contribution is 9.10. The SMILES string of the molecule is O=C(Cc1ccccc1O)Nc1c(F)cc(F)cc1Br. The predicted molar refractivity (Wildman–Crippen MR) is 74.5 cm³/mol. The molecule has 0 aliphatic rings. The fourth-order valence-corrected chi connectivity index (χ4v) is 2.19. The van der Waals surface area contributed by atoms with E-state index in [0.29, 0.717) is 11.6 Å². The lowest BCUT2D eigenvalue weighted by atomic mass is 10.1. The minimum absolute atomic E-state index is 0.0127. The molecule has 0 fully saturated rings. The number of para-hydroxylation sites is 1. The fraction of sp³-hybridized carbons (Fsp3) is 0.0714. The van der Waals surface area contributed by atoms with Gasteiger partial charge in [-0.2, -0.15) is 0 Å². The molecule has 0 bridgehead atoms. The van der Waals surface area contributed by atoms with Gasteiger partial charge in [-0.05, 0) is 28.1 Å². The number of hydrogen-bond donors (Lipinski definition) is 2. The Labute approximate surface area is 122 Å². The second-order valence-electron chi connectivity index (χ2n) is 4.10. The zero-order chi connectivity index (χ0) is 14.7. The number of amides is 1. The maximum atomic E-state index is 13.6. The minimum Gasteiger partial charge on any atom is -0.508 e. The Morgan fingerprint density at radius 3 is 2.60 bits per heavy atom. The first-order valence-electron chi connectivity index (χ1n) is 5.68.